The first-order valence-corrected chi connectivity index (χ1v) is 15.6. The second-order valence-corrected chi connectivity index (χ2v) is 12.6. The van der Waals surface area contributed by atoms with E-state index in [9.17, 15) is 22.4 Å². The summed E-state index contributed by atoms with van der Waals surface area (Å²) >= 11 is 0. The van der Waals surface area contributed by atoms with Gasteiger partial charge >= 0.3 is 0 Å². The van der Waals surface area contributed by atoms with Gasteiger partial charge in [0.2, 0.25) is 11.8 Å². The van der Waals surface area contributed by atoms with Crippen molar-refractivity contribution >= 4 is 27.5 Å². The maximum Gasteiger partial charge on any atom is 0.264 e. The van der Waals surface area contributed by atoms with Gasteiger partial charge < -0.3 is 15.0 Å². The number of nitrogens with one attached hydrogen (secondary N) is 1. The van der Waals surface area contributed by atoms with E-state index in [-0.39, 0.29) is 29.1 Å². The number of halogens is 1. The predicted octanol–water partition coefficient (Wildman–Crippen LogP) is 5.20. The Labute approximate surface area is 247 Å². The number of sulfonamides is 1. The molecule has 0 unspecified atom stereocenters. The van der Waals surface area contributed by atoms with Crippen molar-refractivity contribution in [1.29, 1.82) is 0 Å². The smallest absolute Gasteiger partial charge is 0.264 e. The van der Waals surface area contributed by atoms with E-state index in [1.54, 1.807) is 56.5 Å². The molecule has 0 spiro atoms. The molecular weight excluding hydrogens is 557 g/mol. The molecule has 0 radical (unpaired) electrons. The van der Waals surface area contributed by atoms with Gasteiger partial charge in [0.15, 0.2) is 0 Å². The van der Waals surface area contributed by atoms with Crippen molar-refractivity contribution in [3.8, 4) is 5.75 Å². The molecule has 1 N–H and O–H groups in total. The van der Waals surface area contributed by atoms with Crippen molar-refractivity contribution in [1.82, 2.24) is 10.2 Å². The van der Waals surface area contributed by atoms with Crippen LogP contribution >= 0.6 is 0 Å². The molecule has 1 fully saturated rings. The molecule has 4 rings (SSSR count). The zero-order chi connectivity index (χ0) is 30.3. The lowest BCUT2D eigenvalue weighted by Crippen LogP contribution is -2.53. The van der Waals surface area contributed by atoms with E-state index in [1.807, 2.05) is 13.0 Å². The standard InChI is InChI=1S/C32H38FN3O5S/c1-23-12-16-28(17-13-23)36(42(39,40)30-18-14-26(33)15-19-30)22-31(37)35(21-25-8-7-11-29(20-25)41-3)24(2)32(38)34-27-9-5-4-6-10-27/h7-8,11-20,24,27H,4-6,9-10,21-22H2,1-3H3,(H,34,38)/t24-/m1/s1. The average Bonchev–Trinajstić information content (AvgIpc) is 2.99. The molecule has 0 bridgehead atoms. The van der Waals surface area contributed by atoms with Crippen LogP contribution in [-0.4, -0.2) is 50.9 Å². The van der Waals surface area contributed by atoms with Gasteiger partial charge in [-0.1, -0.05) is 49.1 Å². The number of aryl methyl sites for hydroxylation is 1. The highest BCUT2D eigenvalue weighted by molar-refractivity contribution is 7.92. The van der Waals surface area contributed by atoms with Gasteiger partial charge in [0.05, 0.1) is 17.7 Å². The molecule has 1 aliphatic rings. The molecule has 0 aliphatic heterocycles. The number of rotatable bonds is 11. The number of carbonyl (C=O) groups is 2. The van der Waals surface area contributed by atoms with Gasteiger partial charge in [-0.25, -0.2) is 12.8 Å². The van der Waals surface area contributed by atoms with Crippen LogP contribution in [0.15, 0.2) is 77.7 Å². The number of hydrogen-bond acceptors (Lipinski definition) is 5. The van der Waals surface area contributed by atoms with Crippen molar-refractivity contribution in [2.24, 2.45) is 0 Å². The van der Waals surface area contributed by atoms with Gasteiger partial charge in [-0.3, -0.25) is 13.9 Å². The van der Waals surface area contributed by atoms with Crippen molar-refractivity contribution in [2.75, 3.05) is 18.0 Å². The average molecular weight is 596 g/mol. The molecule has 2 amide bonds. The first-order chi connectivity index (χ1) is 20.1. The van der Waals surface area contributed by atoms with Crippen LogP contribution in [0.2, 0.25) is 0 Å². The summed E-state index contributed by atoms with van der Waals surface area (Å²) in [6.07, 6.45) is 5.00. The Hall–Kier alpha value is -3.92. The van der Waals surface area contributed by atoms with Crippen LogP contribution in [0.4, 0.5) is 10.1 Å². The van der Waals surface area contributed by atoms with E-state index in [0.717, 1.165) is 59.7 Å². The number of methoxy groups -OCH3 is 1. The minimum absolute atomic E-state index is 0.0467. The van der Waals surface area contributed by atoms with E-state index < -0.39 is 34.3 Å². The van der Waals surface area contributed by atoms with E-state index in [2.05, 4.69) is 5.32 Å². The molecule has 3 aromatic carbocycles. The van der Waals surface area contributed by atoms with Crippen LogP contribution in [0.3, 0.4) is 0 Å². The third-order valence-corrected chi connectivity index (χ3v) is 9.40. The number of ether oxygens (including phenoxy) is 1. The molecule has 224 valence electrons. The Morgan fingerprint density at radius 1 is 1.00 bits per heavy atom. The number of hydrogen-bond donors (Lipinski definition) is 1. The molecule has 0 aromatic heterocycles. The molecule has 8 nitrogen and oxygen atoms in total. The van der Waals surface area contributed by atoms with Gasteiger partial charge in [0.1, 0.15) is 24.2 Å². The molecule has 1 aliphatic carbocycles. The summed E-state index contributed by atoms with van der Waals surface area (Å²) in [6, 6.07) is 17.6. The lowest BCUT2D eigenvalue weighted by molar-refractivity contribution is -0.139. The van der Waals surface area contributed by atoms with Gasteiger partial charge in [0.25, 0.3) is 10.0 Å². The van der Waals surface area contributed by atoms with Gasteiger partial charge in [-0.15, -0.1) is 0 Å². The number of benzene rings is 3. The molecular formula is C32H38FN3O5S. The molecule has 42 heavy (non-hydrogen) atoms. The molecule has 0 heterocycles. The Kier molecular flexibility index (Phi) is 10.2. The SMILES string of the molecule is COc1cccc(CN(C(=O)CN(c2ccc(C)cc2)S(=O)(=O)c2ccc(F)cc2)[C@H](C)C(=O)NC2CCCCC2)c1. The normalized spacial score (nSPS) is 14.6. The molecule has 10 heteroatoms. The minimum Gasteiger partial charge on any atom is -0.497 e. The Bertz CT molecular complexity index is 1470. The van der Waals surface area contributed by atoms with Crippen LogP contribution < -0.4 is 14.4 Å². The Morgan fingerprint density at radius 3 is 2.31 bits per heavy atom. The highest BCUT2D eigenvalue weighted by Crippen LogP contribution is 2.26. The monoisotopic (exact) mass is 595 g/mol. The molecule has 0 saturated heterocycles. The summed E-state index contributed by atoms with van der Waals surface area (Å²) in [6.45, 7) is 3.03. The fourth-order valence-corrected chi connectivity index (χ4v) is 6.51. The number of amides is 2. The van der Waals surface area contributed by atoms with E-state index in [1.165, 1.54) is 17.0 Å². The van der Waals surface area contributed by atoms with Crippen molar-refractivity contribution in [3.63, 3.8) is 0 Å². The summed E-state index contributed by atoms with van der Waals surface area (Å²) in [5.41, 5.74) is 1.92. The quantitative estimate of drug-likeness (QED) is 0.329. The van der Waals surface area contributed by atoms with E-state index >= 15 is 0 Å². The molecule has 1 atom stereocenters. The van der Waals surface area contributed by atoms with Crippen molar-refractivity contribution in [3.05, 3.63) is 89.7 Å². The highest BCUT2D eigenvalue weighted by atomic mass is 32.2. The summed E-state index contributed by atoms with van der Waals surface area (Å²) < 4.78 is 47.7. The van der Waals surface area contributed by atoms with E-state index in [4.69, 9.17) is 4.74 Å². The van der Waals surface area contributed by atoms with E-state index in [0.29, 0.717) is 5.75 Å². The summed E-state index contributed by atoms with van der Waals surface area (Å²) in [5.74, 6) is -0.828. The second kappa shape index (κ2) is 13.8. The lowest BCUT2D eigenvalue weighted by Gasteiger charge is -2.33. The fraction of sp³-hybridized carbons (Fsp3) is 0.375. The van der Waals surface area contributed by atoms with Crippen molar-refractivity contribution < 1.29 is 27.1 Å². The predicted molar refractivity (Wildman–Crippen MR) is 160 cm³/mol. The minimum atomic E-state index is -4.27. The van der Waals surface area contributed by atoms with Gasteiger partial charge in [-0.05, 0) is 80.8 Å². The maximum absolute atomic E-state index is 14.1. The zero-order valence-corrected chi connectivity index (χ0v) is 25.1. The highest BCUT2D eigenvalue weighted by Gasteiger charge is 2.33. The number of anilines is 1. The zero-order valence-electron chi connectivity index (χ0n) is 24.3. The lowest BCUT2D eigenvalue weighted by atomic mass is 9.95. The Morgan fingerprint density at radius 2 is 1.67 bits per heavy atom. The summed E-state index contributed by atoms with van der Waals surface area (Å²) in [7, 11) is -2.72. The van der Waals surface area contributed by atoms with Gasteiger partial charge in [0, 0.05) is 12.6 Å². The topological polar surface area (TPSA) is 96.0 Å². The van der Waals surface area contributed by atoms with Crippen LogP contribution in [0.1, 0.15) is 50.2 Å². The van der Waals surface area contributed by atoms with Crippen molar-refractivity contribution in [2.45, 2.75) is 69.5 Å². The first kappa shape index (κ1) is 31.0. The van der Waals surface area contributed by atoms with Crippen LogP contribution in [-0.2, 0) is 26.2 Å². The van der Waals surface area contributed by atoms with Crippen LogP contribution in [0.25, 0.3) is 0 Å². The number of nitrogens with zero attached hydrogens (tertiary/aromatic N) is 2. The fourth-order valence-electron chi connectivity index (χ4n) is 5.09. The molecule has 3 aromatic rings. The third-order valence-electron chi connectivity index (χ3n) is 7.61. The van der Waals surface area contributed by atoms with Crippen LogP contribution in [0, 0.1) is 12.7 Å². The summed E-state index contributed by atoms with van der Waals surface area (Å²) in [4.78, 5) is 28.7. The Balaban J connectivity index is 1.68. The second-order valence-electron chi connectivity index (χ2n) is 10.7. The largest absolute Gasteiger partial charge is 0.497 e. The van der Waals surface area contributed by atoms with Crippen LogP contribution in [0.5, 0.6) is 5.75 Å². The maximum atomic E-state index is 14.1. The first-order valence-electron chi connectivity index (χ1n) is 14.2. The molecule has 1 saturated carbocycles. The summed E-state index contributed by atoms with van der Waals surface area (Å²) in [5, 5.41) is 3.09. The van der Waals surface area contributed by atoms with Gasteiger partial charge in [-0.2, -0.15) is 0 Å². The third kappa shape index (κ3) is 7.67. The number of carbonyl (C=O) groups excluding carboxylic acids is 2.